The third-order valence-electron chi connectivity index (χ3n) is 1.52. The lowest BCUT2D eigenvalue weighted by molar-refractivity contribution is 0.0698. The second-order valence-electron chi connectivity index (χ2n) is 2.35. The summed E-state index contributed by atoms with van der Waals surface area (Å²) < 4.78 is 0.808. The summed E-state index contributed by atoms with van der Waals surface area (Å²) in [5, 5.41) is 8.97. The highest BCUT2D eigenvalue weighted by Crippen LogP contribution is 2.43. The summed E-state index contributed by atoms with van der Waals surface area (Å²) in [4.78, 5) is 10.8. The largest absolute Gasteiger partial charge is 0.478 e. The molecular formula is C7H3Br2Cl2NO2. The zero-order chi connectivity index (χ0) is 11.0. The van der Waals surface area contributed by atoms with E-state index in [0.29, 0.717) is 8.95 Å². The average Bonchev–Trinajstić information content (AvgIpc) is 2.11. The highest BCUT2D eigenvalue weighted by molar-refractivity contribution is 9.13. The lowest BCUT2D eigenvalue weighted by atomic mass is 10.2. The van der Waals surface area contributed by atoms with Gasteiger partial charge in [0.05, 0.1) is 24.7 Å². The second-order valence-corrected chi connectivity index (χ2v) is 4.69. The van der Waals surface area contributed by atoms with Crippen molar-refractivity contribution in [3.05, 3.63) is 24.6 Å². The number of aromatic carboxylic acids is 1. The van der Waals surface area contributed by atoms with Crippen LogP contribution < -0.4 is 5.73 Å². The number of halogens is 4. The Morgan fingerprint density at radius 1 is 1.21 bits per heavy atom. The molecule has 3 nitrogen and oxygen atoms in total. The van der Waals surface area contributed by atoms with Crippen LogP contribution in [0.3, 0.4) is 0 Å². The van der Waals surface area contributed by atoms with E-state index in [1.807, 2.05) is 0 Å². The molecule has 0 aliphatic rings. The third-order valence-corrected chi connectivity index (χ3v) is 4.86. The Balaban J connectivity index is 3.68. The highest BCUT2D eigenvalue weighted by Gasteiger charge is 2.22. The first-order valence-corrected chi connectivity index (χ1v) is 5.56. The molecule has 7 heteroatoms. The molecule has 1 aromatic carbocycles. The van der Waals surface area contributed by atoms with Crippen molar-refractivity contribution >= 4 is 66.7 Å². The molecule has 1 aromatic rings. The maximum absolute atomic E-state index is 10.8. The van der Waals surface area contributed by atoms with Crippen LogP contribution >= 0.6 is 55.1 Å². The summed E-state index contributed by atoms with van der Waals surface area (Å²) in [6, 6.07) is 0. The van der Waals surface area contributed by atoms with Gasteiger partial charge in [0, 0.05) is 0 Å². The lowest BCUT2D eigenvalue weighted by Crippen LogP contribution is -2.05. The van der Waals surface area contributed by atoms with Crippen LogP contribution in [0.2, 0.25) is 10.0 Å². The van der Waals surface area contributed by atoms with Crippen molar-refractivity contribution in [2.24, 2.45) is 0 Å². The first kappa shape index (κ1) is 12.1. The summed E-state index contributed by atoms with van der Waals surface area (Å²) >= 11 is 17.8. The van der Waals surface area contributed by atoms with Gasteiger partial charge in [-0.1, -0.05) is 23.2 Å². The molecule has 0 amide bonds. The molecule has 0 atom stereocenters. The first-order chi connectivity index (χ1) is 6.37. The van der Waals surface area contributed by atoms with Crippen molar-refractivity contribution in [2.45, 2.75) is 0 Å². The quantitative estimate of drug-likeness (QED) is 0.453. The van der Waals surface area contributed by atoms with Crippen molar-refractivity contribution in [2.75, 3.05) is 5.73 Å². The van der Waals surface area contributed by atoms with Gasteiger partial charge in [-0.05, 0) is 31.9 Å². The fourth-order valence-corrected chi connectivity index (χ4v) is 2.36. The molecule has 0 bridgehead atoms. The molecule has 14 heavy (non-hydrogen) atoms. The molecule has 0 aliphatic carbocycles. The molecule has 0 radical (unpaired) electrons. The van der Waals surface area contributed by atoms with Gasteiger partial charge >= 0.3 is 5.97 Å². The fraction of sp³-hybridized carbons (Fsp3) is 0. The average molecular weight is 364 g/mol. The van der Waals surface area contributed by atoms with Crippen LogP contribution in [0.4, 0.5) is 5.69 Å². The van der Waals surface area contributed by atoms with E-state index in [1.165, 1.54) is 0 Å². The number of rotatable bonds is 1. The van der Waals surface area contributed by atoms with Crippen molar-refractivity contribution in [1.82, 2.24) is 0 Å². The van der Waals surface area contributed by atoms with E-state index in [1.54, 1.807) is 0 Å². The van der Waals surface area contributed by atoms with Crippen molar-refractivity contribution in [3.63, 3.8) is 0 Å². The fourth-order valence-electron chi connectivity index (χ4n) is 0.858. The molecule has 0 aromatic heterocycles. The number of anilines is 1. The minimum atomic E-state index is -1.22. The normalized spacial score (nSPS) is 10.3. The lowest BCUT2D eigenvalue weighted by Gasteiger charge is -2.10. The van der Waals surface area contributed by atoms with Gasteiger partial charge in [0.1, 0.15) is 5.56 Å². The molecule has 0 saturated heterocycles. The van der Waals surface area contributed by atoms with Crippen molar-refractivity contribution in [3.8, 4) is 0 Å². The molecule has 1 rings (SSSR count). The van der Waals surface area contributed by atoms with Gasteiger partial charge in [0.15, 0.2) is 0 Å². The monoisotopic (exact) mass is 361 g/mol. The van der Waals surface area contributed by atoms with Gasteiger partial charge in [0.25, 0.3) is 0 Å². The Bertz CT molecular complexity index is 394. The topological polar surface area (TPSA) is 63.3 Å². The van der Waals surface area contributed by atoms with E-state index < -0.39 is 5.97 Å². The number of carbonyl (C=O) groups is 1. The molecule has 0 aliphatic heterocycles. The SMILES string of the molecule is Nc1c(Cl)c(Br)c(Br)c(Cl)c1C(=O)O. The predicted octanol–water partition coefficient (Wildman–Crippen LogP) is 3.80. The van der Waals surface area contributed by atoms with Gasteiger partial charge < -0.3 is 10.8 Å². The van der Waals surface area contributed by atoms with Crippen LogP contribution in [0.25, 0.3) is 0 Å². The predicted molar refractivity (Wildman–Crippen MR) is 63.2 cm³/mol. The van der Waals surface area contributed by atoms with Gasteiger partial charge in [-0.15, -0.1) is 0 Å². The van der Waals surface area contributed by atoms with Crippen molar-refractivity contribution < 1.29 is 9.90 Å². The minimum Gasteiger partial charge on any atom is -0.478 e. The zero-order valence-corrected chi connectivity index (χ0v) is 11.1. The van der Waals surface area contributed by atoms with E-state index >= 15 is 0 Å². The number of benzene rings is 1. The van der Waals surface area contributed by atoms with E-state index in [0.717, 1.165) is 0 Å². The highest BCUT2D eigenvalue weighted by atomic mass is 79.9. The van der Waals surface area contributed by atoms with Crippen LogP contribution in [0.15, 0.2) is 8.95 Å². The molecule has 0 unspecified atom stereocenters. The molecule has 0 saturated carbocycles. The van der Waals surface area contributed by atoms with Gasteiger partial charge in [-0.3, -0.25) is 0 Å². The smallest absolute Gasteiger partial charge is 0.339 e. The van der Waals surface area contributed by atoms with Crippen LogP contribution in [0, 0.1) is 0 Å². The molecule has 0 heterocycles. The van der Waals surface area contributed by atoms with E-state index in [4.69, 9.17) is 34.0 Å². The zero-order valence-electron chi connectivity index (χ0n) is 6.44. The van der Waals surface area contributed by atoms with E-state index in [9.17, 15) is 4.79 Å². The van der Waals surface area contributed by atoms with Gasteiger partial charge in [-0.2, -0.15) is 0 Å². The number of hydrogen-bond donors (Lipinski definition) is 2. The maximum Gasteiger partial charge on any atom is 0.339 e. The summed E-state index contributed by atoms with van der Waals surface area (Å²) in [7, 11) is 0. The molecule has 76 valence electrons. The van der Waals surface area contributed by atoms with Crippen LogP contribution in [0.5, 0.6) is 0 Å². The Morgan fingerprint density at radius 2 is 1.64 bits per heavy atom. The number of hydrogen-bond acceptors (Lipinski definition) is 2. The van der Waals surface area contributed by atoms with E-state index in [2.05, 4.69) is 31.9 Å². The van der Waals surface area contributed by atoms with Crippen LogP contribution in [0.1, 0.15) is 10.4 Å². The molecule has 3 N–H and O–H groups in total. The van der Waals surface area contributed by atoms with E-state index in [-0.39, 0.29) is 21.3 Å². The van der Waals surface area contributed by atoms with Gasteiger partial charge in [0.2, 0.25) is 0 Å². The molecule has 0 fully saturated rings. The van der Waals surface area contributed by atoms with Crippen LogP contribution in [-0.2, 0) is 0 Å². The summed E-state index contributed by atoms with van der Waals surface area (Å²) in [5.41, 5.74) is 5.25. The van der Waals surface area contributed by atoms with Crippen molar-refractivity contribution in [1.29, 1.82) is 0 Å². The summed E-state index contributed by atoms with van der Waals surface area (Å²) in [6.07, 6.45) is 0. The standard InChI is InChI=1S/C7H3Br2Cl2NO2/c8-2-3(9)5(11)6(12)1(4(2)10)7(13)14/h12H2,(H,13,14). The Hall–Kier alpha value is 0.0300. The second kappa shape index (κ2) is 4.26. The number of nitrogens with two attached hydrogens (primary N) is 1. The third kappa shape index (κ3) is 1.86. The minimum absolute atomic E-state index is 0.0197. The number of carboxylic acid groups (broad SMARTS) is 1. The molecule has 0 spiro atoms. The first-order valence-electron chi connectivity index (χ1n) is 3.22. The summed E-state index contributed by atoms with van der Waals surface area (Å²) in [6.45, 7) is 0. The van der Waals surface area contributed by atoms with Gasteiger partial charge in [-0.25, -0.2) is 4.79 Å². The van der Waals surface area contributed by atoms with Crippen LogP contribution in [-0.4, -0.2) is 11.1 Å². The maximum atomic E-state index is 10.8. The number of nitrogen functional groups attached to an aromatic ring is 1. The molecular weight excluding hydrogens is 361 g/mol. The number of carboxylic acids is 1. The Kier molecular flexibility index (Phi) is 3.69. The summed E-state index contributed by atoms with van der Waals surface area (Å²) in [5.74, 6) is -1.22. The Labute approximate surface area is 106 Å². The Morgan fingerprint density at radius 3 is 2.07 bits per heavy atom.